The molecule has 1 fully saturated rings. The molecule has 0 spiro atoms. The van der Waals surface area contributed by atoms with E-state index in [4.69, 9.17) is 28.3 Å². The molecule has 1 saturated heterocycles. The molecule has 1 aliphatic rings. The van der Waals surface area contributed by atoms with Crippen LogP contribution >= 0.6 is 35.6 Å². The molecule has 0 saturated carbocycles. The van der Waals surface area contributed by atoms with Gasteiger partial charge in [0, 0.05) is 17.6 Å². The Hall–Kier alpha value is -2.15. The molecule has 2 heterocycles. The Bertz CT molecular complexity index is 1040. The molecule has 2 aromatic carbocycles. The average molecular weight is 387 g/mol. The van der Waals surface area contributed by atoms with Gasteiger partial charge in [0.25, 0.3) is 5.91 Å². The molecule has 124 valence electrons. The fourth-order valence-electron chi connectivity index (χ4n) is 2.56. The van der Waals surface area contributed by atoms with E-state index in [0.29, 0.717) is 20.0 Å². The number of likely N-dealkylation sites (N-methyl/N-ethyl adjacent to an activating group) is 1. The first-order chi connectivity index (χ1) is 12.0. The minimum absolute atomic E-state index is 0.0849. The average Bonchev–Trinajstić information content (AvgIpc) is 3.13. The standard InChI is InChI=1S/C18H11ClN2O2S2/c1-21-17(22)15(25-18(21)24)9-10-2-7-14-13(8-10)16(23-20-14)11-3-5-12(19)6-4-11/h2-9H,1H3/b15-9+. The zero-order valence-corrected chi connectivity index (χ0v) is 15.4. The van der Waals surface area contributed by atoms with Crippen LogP contribution in [0.15, 0.2) is 51.9 Å². The van der Waals surface area contributed by atoms with Crippen molar-refractivity contribution < 1.29 is 9.32 Å². The van der Waals surface area contributed by atoms with Crippen LogP contribution in [0, 0.1) is 0 Å². The zero-order valence-electron chi connectivity index (χ0n) is 13.0. The van der Waals surface area contributed by atoms with Crippen molar-refractivity contribution in [1.29, 1.82) is 0 Å². The number of halogens is 1. The topological polar surface area (TPSA) is 46.3 Å². The fourth-order valence-corrected chi connectivity index (χ4v) is 3.86. The van der Waals surface area contributed by atoms with E-state index in [1.54, 1.807) is 7.05 Å². The Labute approximate surface area is 158 Å². The summed E-state index contributed by atoms with van der Waals surface area (Å²) in [5, 5.41) is 5.64. The second-order valence-electron chi connectivity index (χ2n) is 5.54. The smallest absolute Gasteiger partial charge is 0.265 e. The van der Waals surface area contributed by atoms with E-state index >= 15 is 0 Å². The molecule has 25 heavy (non-hydrogen) atoms. The number of fused-ring (bicyclic) bond motifs is 1. The molecule has 4 nitrogen and oxygen atoms in total. The van der Waals surface area contributed by atoms with E-state index in [9.17, 15) is 4.79 Å². The molecular weight excluding hydrogens is 376 g/mol. The number of thioether (sulfide) groups is 1. The number of carbonyl (C=O) groups is 1. The minimum atomic E-state index is -0.0849. The number of hydrogen-bond acceptors (Lipinski definition) is 5. The van der Waals surface area contributed by atoms with Crippen LogP contribution in [0.25, 0.3) is 28.3 Å². The minimum Gasteiger partial charge on any atom is -0.355 e. The maximum absolute atomic E-state index is 12.2. The van der Waals surface area contributed by atoms with Crippen molar-refractivity contribution in [3.8, 4) is 11.3 Å². The molecule has 0 bridgehead atoms. The van der Waals surface area contributed by atoms with Gasteiger partial charge >= 0.3 is 0 Å². The number of rotatable bonds is 2. The van der Waals surface area contributed by atoms with Crippen LogP contribution in [-0.4, -0.2) is 27.3 Å². The van der Waals surface area contributed by atoms with Gasteiger partial charge in [0.05, 0.1) is 10.3 Å². The van der Waals surface area contributed by atoms with Gasteiger partial charge < -0.3 is 4.52 Å². The normalized spacial score (nSPS) is 16.4. The fraction of sp³-hybridized carbons (Fsp3) is 0.0556. The van der Waals surface area contributed by atoms with Crippen molar-refractivity contribution in [2.75, 3.05) is 7.05 Å². The predicted octanol–water partition coefficient (Wildman–Crippen LogP) is 4.98. The largest absolute Gasteiger partial charge is 0.355 e. The lowest BCUT2D eigenvalue weighted by molar-refractivity contribution is -0.121. The Morgan fingerprint density at radius 3 is 2.68 bits per heavy atom. The number of carbonyl (C=O) groups excluding carboxylic acids is 1. The van der Waals surface area contributed by atoms with E-state index in [0.717, 1.165) is 22.0 Å². The summed E-state index contributed by atoms with van der Waals surface area (Å²) in [6, 6.07) is 13.1. The van der Waals surface area contributed by atoms with Crippen molar-refractivity contribution in [1.82, 2.24) is 10.1 Å². The van der Waals surface area contributed by atoms with Gasteiger partial charge in [-0.3, -0.25) is 9.69 Å². The van der Waals surface area contributed by atoms with E-state index in [1.807, 2.05) is 48.5 Å². The summed E-state index contributed by atoms with van der Waals surface area (Å²) >= 11 is 12.4. The molecule has 0 atom stereocenters. The Kier molecular flexibility index (Phi) is 4.11. The lowest BCUT2D eigenvalue weighted by Gasteiger charge is -2.03. The van der Waals surface area contributed by atoms with E-state index in [-0.39, 0.29) is 5.91 Å². The number of aromatic nitrogens is 1. The molecular formula is C18H11ClN2O2S2. The van der Waals surface area contributed by atoms with Gasteiger partial charge in [0.1, 0.15) is 9.84 Å². The van der Waals surface area contributed by atoms with Gasteiger partial charge in [-0.05, 0) is 48.0 Å². The third kappa shape index (κ3) is 2.97. The summed E-state index contributed by atoms with van der Waals surface area (Å²) < 4.78 is 6.07. The number of nitrogens with zero attached hydrogens (tertiary/aromatic N) is 2. The van der Waals surface area contributed by atoms with Gasteiger partial charge in [0.2, 0.25) is 0 Å². The van der Waals surface area contributed by atoms with Crippen molar-refractivity contribution in [3.63, 3.8) is 0 Å². The van der Waals surface area contributed by atoms with Gasteiger partial charge in [-0.25, -0.2) is 0 Å². The number of hydrogen-bond donors (Lipinski definition) is 0. The van der Waals surface area contributed by atoms with Gasteiger partial charge in [-0.1, -0.05) is 46.8 Å². The van der Waals surface area contributed by atoms with Gasteiger partial charge in [-0.2, -0.15) is 0 Å². The Balaban J connectivity index is 1.78. The predicted molar refractivity (Wildman–Crippen MR) is 105 cm³/mol. The van der Waals surface area contributed by atoms with E-state index in [1.165, 1.54) is 16.7 Å². The maximum Gasteiger partial charge on any atom is 0.265 e. The highest BCUT2D eigenvalue weighted by Gasteiger charge is 2.28. The Morgan fingerprint density at radius 1 is 1.24 bits per heavy atom. The van der Waals surface area contributed by atoms with Crippen LogP contribution in [0.4, 0.5) is 0 Å². The lowest BCUT2D eigenvalue weighted by Crippen LogP contribution is -2.22. The lowest BCUT2D eigenvalue weighted by atomic mass is 10.1. The first-order valence-corrected chi connectivity index (χ1v) is 9.00. The summed E-state index contributed by atoms with van der Waals surface area (Å²) in [7, 11) is 1.68. The molecule has 4 rings (SSSR count). The molecule has 7 heteroatoms. The summed E-state index contributed by atoms with van der Waals surface area (Å²) in [4.78, 5) is 14.2. The monoisotopic (exact) mass is 386 g/mol. The van der Waals surface area contributed by atoms with Crippen LogP contribution in [0.5, 0.6) is 0 Å². The second-order valence-corrected chi connectivity index (χ2v) is 7.65. The summed E-state index contributed by atoms with van der Waals surface area (Å²) in [6.45, 7) is 0. The highest BCUT2D eigenvalue weighted by atomic mass is 35.5. The summed E-state index contributed by atoms with van der Waals surface area (Å²) in [5.74, 6) is 0.586. The van der Waals surface area contributed by atoms with Gasteiger partial charge in [0.15, 0.2) is 5.76 Å². The number of benzene rings is 2. The van der Waals surface area contributed by atoms with Crippen LogP contribution in [0.1, 0.15) is 5.56 Å². The first-order valence-electron chi connectivity index (χ1n) is 7.40. The van der Waals surface area contributed by atoms with Crippen molar-refractivity contribution in [3.05, 3.63) is 58.0 Å². The second kappa shape index (κ2) is 6.29. The van der Waals surface area contributed by atoms with Crippen molar-refractivity contribution in [2.45, 2.75) is 0 Å². The molecule has 0 unspecified atom stereocenters. The van der Waals surface area contributed by atoms with Crippen molar-refractivity contribution in [2.24, 2.45) is 0 Å². The molecule has 1 aromatic heterocycles. The molecule has 3 aromatic rings. The third-order valence-corrected chi connectivity index (χ3v) is 5.63. The van der Waals surface area contributed by atoms with Crippen LogP contribution < -0.4 is 0 Å². The van der Waals surface area contributed by atoms with E-state index in [2.05, 4.69) is 5.16 Å². The highest BCUT2D eigenvalue weighted by Crippen LogP contribution is 2.34. The third-order valence-electron chi connectivity index (χ3n) is 3.89. The van der Waals surface area contributed by atoms with Crippen LogP contribution in [0.3, 0.4) is 0 Å². The quantitative estimate of drug-likeness (QED) is 0.459. The van der Waals surface area contributed by atoms with Crippen LogP contribution in [-0.2, 0) is 4.79 Å². The molecule has 0 aliphatic carbocycles. The summed E-state index contributed by atoms with van der Waals surface area (Å²) in [5.41, 5.74) is 2.54. The molecule has 1 amide bonds. The van der Waals surface area contributed by atoms with Crippen LogP contribution in [0.2, 0.25) is 5.02 Å². The van der Waals surface area contributed by atoms with Crippen molar-refractivity contribution >= 4 is 62.8 Å². The number of thiocarbonyl (C=S) groups is 1. The van der Waals surface area contributed by atoms with E-state index < -0.39 is 0 Å². The SMILES string of the molecule is CN1C(=O)/C(=C\c2ccc3noc(-c4ccc(Cl)cc4)c3c2)SC1=S. The molecule has 1 aliphatic heterocycles. The molecule has 0 radical (unpaired) electrons. The maximum atomic E-state index is 12.2. The Morgan fingerprint density at radius 2 is 2.00 bits per heavy atom. The first kappa shape index (κ1) is 16.3. The summed E-state index contributed by atoms with van der Waals surface area (Å²) in [6.07, 6.45) is 1.83. The molecule has 0 N–H and O–H groups in total. The van der Waals surface area contributed by atoms with Gasteiger partial charge in [-0.15, -0.1) is 0 Å². The zero-order chi connectivity index (χ0) is 17.6. The number of amides is 1. The highest BCUT2D eigenvalue weighted by molar-refractivity contribution is 8.26.